The van der Waals surface area contributed by atoms with Crippen LogP contribution in [0.15, 0.2) is 12.8 Å². The molecule has 0 aromatic rings. The van der Waals surface area contributed by atoms with Crippen molar-refractivity contribution in [3.8, 4) is 0 Å². The van der Waals surface area contributed by atoms with Crippen LogP contribution in [0.3, 0.4) is 0 Å². The minimum Gasteiger partial charge on any atom is -0.502 e. The smallest absolute Gasteiger partial charge is 0.407 e. The highest BCUT2D eigenvalue weighted by atomic mass is 16.6. The van der Waals surface area contributed by atoms with Gasteiger partial charge in [-0.2, -0.15) is 0 Å². The fourth-order valence-corrected chi connectivity index (χ4v) is 1.21. The first kappa shape index (κ1) is 16.8. The summed E-state index contributed by atoms with van der Waals surface area (Å²) in [7, 11) is 0. The molecule has 0 fully saturated rings. The second-order valence-electron chi connectivity index (χ2n) is 5.13. The fourth-order valence-electron chi connectivity index (χ4n) is 1.21. The average molecular weight is 258 g/mol. The second kappa shape index (κ2) is 8.80. The quantitative estimate of drug-likeness (QED) is 0.516. The molecule has 0 aliphatic carbocycles. The van der Waals surface area contributed by atoms with Gasteiger partial charge in [-0.15, -0.1) is 0 Å². The van der Waals surface area contributed by atoms with Crippen molar-refractivity contribution in [1.82, 2.24) is 10.6 Å². The average Bonchev–Trinajstić information content (AvgIpc) is 2.24. The third-order valence-electron chi connectivity index (χ3n) is 2.00. The Bertz CT molecular complexity index is 249. The number of rotatable bonds is 8. The Hall–Kier alpha value is -1.23. The molecule has 1 unspecified atom stereocenters. The van der Waals surface area contributed by atoms with Gasteiger partial charge in [-0.25, -0.2) is 4.79 Å². The molecule has 106 valence electrons. The lowest BCUT2D eigenvalue weighted by atomic mass is 10.2. The van der Waals surface area contributed by atoms with Crippen LogP contribution in [0.4, 0.5) is 4.79 Å². The minimum absolute atomic E-state index is 0.196. The highest BCUT2D eigenvalue weighted by Crippen LogP contribution is 2.06. The molecule has 0 aliphatic rings. The molecule has 0 bridgehead atoms. The zero-order valence-corrected chi connectivity index (χ0v) is 11.9. The first-order valence-corrected chi connectivity index (χ1v) is 6.28. The Kier molecular flexibility index (Phi) is 8.20. The van der Waals surface area contributed by atoms with Crippen LogP contribution >= 0.6 is 0 Å². The molecular formula is C13H26N2O3. The molecule has 0 rings (SSSR count). The predicted octanol–water partition coefficient (Wildman–Crippen LogP) is 2.04. The number of ether oxygens (including phenoxy) is 2. The van der Waals surface area contributed by atoms with E-state index >= 15 is 0 Å². The van der Waals surface area contributed by atoms with Gasteiger partial charge < -0.3 is 20.1 Å². The van der Waals surface area contributed by atoms with Crippen LogP contribution in [0.2, 0.25) is 0 Å². The monoisotopic (exact) mass is 258 g/mol. The number of alkyl carbamates (subject to hydrolysis) is 1. The summed E-state index contributed by atoms with van der Waals surface area (Å²) >= 11 is 0. The summed E-state index contributed by atoms with van der Waals surface area (Å²) < 4.78 is 10.1. The summed E-state index contributed by atoms with van der Waals surface area (Å²) in [5.74, 6) is 0. The van der Waals surface area contributed by atoms with E-state index in [0.29, 0.717) is 13.2 Å². The molecule has 2 N–H and O–H groups in total. The molecular weight excluding hydrogens is 232 g/mol. The van der Waals surface area contributed by atoms with E-state index in [0.717, 1.165) is 13.0 Å². The summed E-state index contributed by atoms with van der Waals surface area (Å²) in [4.78, 5) is 11.4. The third-order valence-corrected chi connectivity index (χ3v) is 2.00. The summed E-state index contributed by atoms with van der Waals surface area (Å²) in [6.07, 6.45) is 1.96. The third kappa shape index (κ3) is 11.3. The van der Waals surface area contributed by atoms with Gasteiger partial charge in [0.2, 0.25) is 0 Å². The molecule has 5 heteroatoms. The maximum atomic E-state index is 11.4. The molecule has 0 saturated carbocycles. The van der Waals surface area contributed by atoms with Gasteiger partial charge in [-0.3, -0.25) is 0 Å². The lowest BCUT2D eigenvalue weighted by Gasteiger charge is -2.21. The van der Waals surface area contributed by atoms with Crippen molar-refractivity contribution in [2.24, 2.45) is 0 Å². The van der Waals surface area contributed by atoms with Crippen molar-refractivity contribution >= 4 is 6.09 Å². The van der Waals surface area contributed by atoms with Gasteiger partial charge in [0, 0.05) is 12.6 Å². The Morgan fingerprint density at radius 2 is 2.11 bits per heavy atom. The molecule has 0 radical (unpaired) electrons. The van der Waals surface area contributed by atoms with Crippen LogP contribution in [0.25, 0.3) is 0 Å². The van der Waals surface area contributed by atoms with Crippen LogP contribution in [0.5, 0.6) is 0 Å². The van der Waals surface area contributed by atoms with Gasteiger partial charge >= 0.3 is 6.09 Å². The number of hydrogen-bond donors (Lipinski definition) is 2. The van der Waals surface area contributed by atoms with Gasteiger partial charge in [-0.05, 0) is 40.7 Å². The molecule has 0 heterocycles. The maximum Gasteiger partial charge on any atom is 0.407 e. The van der Waals surface area contributed by atoms with E-state index in [2.05, 4.69) is 17.2 Å². The molecule has 1 amide bonds. The number of carbonyl (C=O) groups excluding carboxylic acids is 1. The first-order valence-electron chi connectivity index (χ1n) is 6.28. The zero-order chi connectivity index (χ0) is 14.0. The van der Waals surface area contributed by atoms with E-state index in [1.165, 1.54) is 6.26 Å². The highest BCUT2D eigenvalue weighted by Gasteiger charge is 2.16. The number of carbonyl (C=O) groups is 1. The van der Waals surface area contributed by atoms with Crippen LogP contribution in [0, 0.1) is 0 Å². The Labute approximate surface area is 110 Å². The van der Waals surface area contributed by atoms with Crippen LogP contribution in [0.1, 0.15) is 34.1 Å². The van der Waals surface area contributed by atoms with Gasteiger partial charge in [0.25, 0.3) is 0 Å². The lowest BCUT2D eigenvalue weighted by molar-refractivity contribution is 0.0523. The van der Waals surface area contributed by atoms with E-state index in [9.17, 15) is 4.79 Å². The Morgan fingerprint density at radius 3 is 2.67 bits per heavy atom. The predicted molar refractivity (Wildman–Crippen MR) is 72.5 cm³/mol. The SMILES string of the molecule is C=COCCCNC(C)CNC(=O)OC(C)(C)C. The summed E-state index contributed by atoms with van der Waals surface area (Å²) in [6.45, 7) is 13.0. The number of nitrogens with one attached hydrogen (secondary N) is 2. The van der Waals surface area contributed by atoms with Gasteiger partial charge in [0.1, 0.15) is 5.60 Å². The Morgan fingerprint density at radius 1 is 1.44 bits per heavy atom. The lowest BCUT2D eigenvalue weighted by Crippen LogP contribution is -2.41. The molecule has 0 aromatic heterocycles. The topological polar surface area (TPSA) is 59.6 Å². The van der Waals surface area contributed by atoms with E-state index in [-0.39, 0.29) is 12.1 Å². The van der Waals surface area contributed by atoms with E-state index in [1.54, 1.807) is 0 Å². The van der Waals surface area contributed by atoms with E-state index in [1.807, 2.05) is 27.7 Å². The van der Waals surface area contributed by atoms with Crippen molar-refractivity contribution in [2.45, 2.75) is 45.8 Å². The molecule has 0 aromatic carbocycles. The molecule has 5 nitrogen and oxygen atoms in total. The maximum absolute atomic E-state index is 11.4. The first-order chi connectivity index (χ1) is 8.35. The van der Waals surface area contributed by atoms with Crippen molar-refractivity contribution in [3.05, 3.63) is 12.8 Å². The van der Waals surface area contributed by atoms with Gasteiger partial charge in [0.05, 0.1) is 12.9 Å². The highest BCUT2D eigenvalue weighted by molar-refractivity contribution is 5.67. The van der Waals surface area contributed by atoms with Crippen molar-refractivity contribution in [1.29, 1.82) is 0 Å². The second-order valence-corrected chi connectivity index (χ2v) is 5.13. The van der Waals surface area contributed by atoms with E-state index in [4.69, 9.17) is 9.47 Å². The molecule has 1 atom stereocenters. The molecule has 0 aliphatic heterocycles. The number of hydrogen-bond acceptors (Lipinski definition) is 4. The van der Waals surface area contributed by atoms with Gasteiger partial charge in [-0.1, -0.05) is 6.58 Å². The fraction of sp³-hybridized carbons (Fsp3) is 0.769. The van der Waals surface area contributed by atoms with Crippen molar-refractivity contribution in [3.63, 3.8) is 0 Å². The van der Waals surface area contributed by atoms with Crippen LogP contribution in [-0.4, -0.2) is 37.4 Å². The summed E-state index contributed by atoms with van der Waals surface area (Å²) in [5, 5.41) is 6.00. The summed E-state index contributed by atoms with van der Waals surface area (Å²) in [6, 6.07) is 0.196. The Balaban J connectivity index is 3.55. The van der Waals surface area contributed by atoms with Crippen LogP contribution in [-0.2, 0) is 9.47 Å². The normalized spacial score (nSPS) is 12.7. The molecule has 0 spiro atoms. The van der Waals surface area contributed by atoms with Crippen molar-refractivity contribution < 1.29 is 14.3 Å². The van der Waals surface area contributed by atoms with Gasteiger partial charge in [0.15, 0.2) is 0 Å². The standard InChI is InChI=1S/C13H26N2O3/c1-6-17-9-7-8-14-11(2)10-15-12(16)18-13(3,4)5/h6,11,14H,1,7-10H2,2-5H3,(H,15,16). The molecule has 0 saturated heterocycles. The van der Waals surface area contributed by atoms with Crippen LogP contribution < -0.4 is 10.6 Å². The largest absolute Gasteiger partial charge is 0.502 e. The van der Waals surface area contributed by atoms with Crippen molar-refractivity contribution in [2.75, 3.05) is 19.7 Å². The summed E-state index contributed by atoms with van der Waals surface area (Å²) in [5.41, 5.74) is -0.456. The van der Waals surface area contributed by atoms with E-state index < -0.39 is 5.60 Å². The minimum atomic E-state index is -0.456. The number of amides is 1. The zero-order valence-electron chi connectivity index (χ0n) is 11.9. The molecule has 18 heavy (non-hydrogen) atoms.